The maximum absolute atomic E-state index is 12.5. The fourth-order valence-electron chi connectivity index (χ4n) is 3.77. The van der Waals surface area contributed by atoms with Gasteiger partial charge in [-0.05, 0) is 36.3 Å². The lowest BCUT2D eigenvalue weighted by Crippen LogP contribution is -2.61. The zero-order valence-corrected chi connectivity index (χ0v) is 17.7. The summed E-state index contributed by atoms with van der Waals surface area (Å²) in [4.78, 5) is 35.2. The molecule has 31 heavy (non-hydrogen) atoms. The van der Waals surface area contributed by atoms with E-state index >= 15 is 0 Å². The first kappa shape index (κ1) is 22.5. The summed E-state index contributed by atoms with van der Waals surface area (Å²) in [6.07, 6.45) is 4.31. The average Bonchev–Trinajstić information content (AvgIpc) is 3.22. The molecule has 0 atom stereocenters. The summed E-state index contributed by atoms with van der Waals surface area (Å²) in [5.74, 6) is -2.51. The molecule has 3 fully saturated rings. The lowest BCUT2D eigenvalue weighted by Gasteiger charge is -2.48. The molecule has 4 N–H and O–H groups in total. The van der Waals surface area contributed by atoms with Gasteiger partial charge in [0.2, 0.25) is 0 Å². The van der Waals surface area contributed by atoms with E-state index in [1.54, 1.807) is 11.3 Å². The normalized spacial score (nSPS) is 21.7. The van der Waals surface area contributed by atoms with Crippen molar-refractivity contribution in [1.29, 1.82) is 0 Å². The van der Waals surface area contributed by atoms with E-state index in [1.165, 1.54) is 0 Å². The third-order valence-electron chi connectivity index (χ3n) is 5.42. The fraction of sp³-hybridized carbons (Fsp3) is 0.318. The first-order valence-electron chi connectivity index (χ1n) is 9.95. The maximum Gasteiger partial charge on any atom is 0.328 e. The van der Waals surface area contributed by atoms with Gasteiger partial charge in [-0.15, -0.1) is 11.3 Å². The molecule has 0 unspecified atom stereocenters. The number of amides is 2. The second-order valence-electron chi connectivity index (χ2n) is 7.49. The number of piperidine rings is 3. The molecule has 0 spiro atoms. The van der Waals surface area contributed by atoms with Crippen LogP contribution in [-0.4, -0.2) is 58.3 Å². The number of nitrogens with one attached hydrogen (secondary N) is 2. The quantitative estimate of drug-likeness (QED) is 0.525. The van der Waals surface area contributed by atoms with Crippen molar-refractivity contribution in [2.24, 2.45) is 0 Å². The number of carboxylic acid groups (broad SMARTS) is 2. The van der Waals surface area contributed by atoms with Gasteiger partial charge in [-0.2, -0.15) is 0 Å². The second-order valence-corrected chi connectivity index (χ2v) is 8.41. The Morgan fingerprint density at radius 2 is 1.52 bits per heavy atom. The molecule has 3 aliphatic rings. The van der Waals surface area contributed by atoms with Crippen molar-refractivity contribution >= 4 is 35.0 Å². The van der Waals surface area contributed by atoms with Crippen molar-refractivity contribution in [2.45, 2.75) is 24.8 Å². The van der Waals surface area contributed by atoms with Crippen molar-refractivity contribution in [3.8, 4) is 10.4 Å². The number of rotatable bonds is 5. The van der Waals surface area contributed by atoms with Crippen molar-refractivity contribution in [2.75, 3.05) is 25.0 Å². The monoisotopic (exact) mass is 443 g/mol. The number of fused-ring (bicyclic) bond motifs is 3. The molecule has 4 heterocycles. The Labute approximate surface area is 184 Å². The molecule has 8 nitrogen and oxygen atoms in total. The molecule has 2 aromatic rings. The van der Waals surface area contributed by atoms with Crippen LogP contribution in [0.5, 0.6) is 0 Å². The molecule has 9 heteroatoms. The highest BCUT2D eigenvalue weighted by Gasteiger charge is 2.40. The van der Waals surface area contributed by atoms with Gasteiger partial charge < -0.3 is 25.7 Å². The molecule has 1 aromatic heterocycles. The Bertz CT molecular complexity index is 919. The summed E-state index contributed by atoms with van der Waals surface area (Å²) in [6.45, 7) is 3.32. The Morgan fingerprint density at radius 3 is 2.06 bits per heavy atom. The predicted molar refractivity (Wildman–Crippen MR) is 119 cm³/mol. The molecular weight excluding hydrogens is 418 g/mol. The minimum atomic E-state index is -1.26. The highest BCUT2D eigenvalue weighted by atomic mass is 32.1. The van der Waals surface area contributed by atoms with Crippen LogP contribution in [0, 0.1) is 0 Å². The van der Waals surface area contributed by atoms with Crippen molar-refractivity contribution in [3.63, 3.8) is 0 Å². The largest absolute Gasteiger partial charge is 0.478 e. The first-order valence-corrected chi connectivity index (χ1v) is 10.8. The summed E-state index contributed by atoms with van der Waals surface area (Å²) in [5.41, 5.74) is 2.03. The van der Waals surface area contributed by atoms with E-state index in [0.29, 0.717) is 12.2 Å². The molecule has 0 radical (unpaired) electrons. The van der Waals surface area contributed by atoms with E-state index in [1.807, 2.05) is 29.6 Å². The van der Waals surface area contributed by atoms with Gasteiger partial charge in [-0.25, -0.2) is 14.4 Å². The molecule has 0 aliphatic carbocycles. The van der Waals surface area contributed by atoms with Crippen LogP contribution in [0.4, 0.5) is 10.5 Å². The molecule has 164 valence electrons. The van der Waals surface area contributed by atoms with Crippen LogP contribution in [0.3, 0.4) is 0 Å². The summed E-state index contributed by atoms with van der Waals surface area (Å²) in [5, 5.41) is 24.0. The highest BCUT2D eigenvalue weighted by molar-refractivity contribution is 7.14. The molecular formula is C22H25N3O5S. The van der Waals surface area contributed by atoms with E-state index in [9.17, 15) is 14.4 Å². The van der Waals surface area contributed by atoms with Gasteiger partial charge >= 0.3 is 18.0 Å². The highest BCUT2D eigenvalue weighted by Crippen LogP contribution is 2.34. The van der Waals surface area contributed by atoms with Gasteiger partial charge in [0.15, 0.2) is 0 Å². The Balaban J connectivity index is 0.000000293. The lowest BCUT2D eigenvalue weighted by molar-refractivity contribution is -0.134. The molecule has 3 aliphatic heterocycles. The Kier molecular flexibility index (Phi) is 7.43. The molecule has 0 saturated carbocycles. The first-order chi connectivity index (χ1) is 14.9. The zero-order chi connectivity index (χ0) is 22.3. The van der Waals surface area contributed by atoms with Crippen molar-refractivity contribution < 1.29 is 24.6 Å². The maximum atomic E-state index is 12.5. The van der Waals surface area contributed by atoms with Crippen LogP contribution in [0.1, 0.15) is 19.3 Å². The lowest BCUT2D eigenvalue weighted by atomic mass is 9.80. The minimum Gasteiger partial charge on any atom is -0.478 e. The standard InChI is InChI=1S/C18H21N3OS.C4H4O4/c22-17(20-18-7-10-21(11-8-18)12-9-18)19-15-6-13-23-16(15)14-4-2-1-3-5-14;5-3(6)1-2-4(7)8/h1-6,13H,7-12H2,(H2,19,20,22);1-2H,(H,5,6)(H,7,8)/b;2-1+. The smallest absolute Gasteiger partial charge is 0.328 e. The number of benzene rings is 1. The summed E-state index contributed by atoms with van der Waals surface area (Å²) in [6, 6.07) is 12.1. The van der Waals surface area contributed by atoms with Gasteiger partial charge in [0, 0.05) is 37.3 Å². The third kappa shape index (κ3) is 6.40. The van der Waals surface area contributed by atoms with Gasteiger partial charge in [0.05, 0.1) is 10.6 Å². The number of thiophene rings is 1. The van der Waals surface area contributed by atoms with Crippen molar-refractivity contribution in [3.05, 3.63) is 53.9 Å². The summed E-state index contributed by atoms with van der Waals surface area (Å²) in [7, 11) is 0. The van der Waals surface area contributed by atoms with E-state index in [4.69, 9.17) is 10.2 Å². The summed E-state index contributed by atoms with van der Waals surface area (Å²) >= 11 is 1.65. The van der Waals surface area contributed by atoms with E-state index in [0.717, 1.165) is 55.0 Å². The van der Waals surface area contributed by atoms with Crippen LogP contribution in [-0.2, 0) is 9.59 Å². The average molecular weight is 444 g/mol. The number of aliphatic carboxylic acids is 2. The summed E-state index contributed by atoms with van der Waals surface area (Å²) < 4.78 is 0. The van der Waals surface area contributed by atoms with Crippen LogP contribution < -0.4 is 10.6 Å². The van der Waals surface area contributed by atoms with Gasteiger partial charge in [0.1, 0.15) is 0 Å². The van der Waals surface area contributed by atoms with E-state index in [2.05, 4.69) is 27.7 Å². The number of anilines is 1. The van der Waals surface area contributed by atoms with Crippen LogP contribution >= 0.6 is 11.3 Å². The number of carbonyl (C=O) groups excluding carboxylic acids is 1. The Hall–Kier alpha value is -3.17. The Morgan fingerprint density at radius 1 is 0.935 bits per heavy atom. The van der Waals surface area contributed by atoms with E-state index < -0.39 is 11.9 Å². The van der Waals surface area contributed by atoms with Gasteiger partial charge in [-0.3, -0.25) is 0 Å². The number of nitrogens with zero attached hydrogens (tertiary/aromatic N) is 1. The zero-order valence-electron chi connectivity index (χ0n) is 16.9. The molecule has 2 bridgehead atoms. The van der Waals surface area contributed by atoms with Gasteiger partial charge in [0.25, 0.3) is 0 Å². The number of hydrogen-bond acceptors (Lipinski definition) is 5. The van der Waals surface area contributed by atoms with Crippen LogP contribution in [0.2, 0.25) is 0 Å². The second kappa shape index (κ2) is 10.2. The molecule has 2 amide bonds. The predicted octanol–water partition coefficient (Wildman–Crippen LogP) is 3.49. The minimum absolute atomic E-state index is 0.00175. The van der Waals surface area contributed by atoms with Crippen molar-refractivity contribution in [1.82, 2.24) is 10.2 Å². The number of carbonyl (C=O) groups is 3. The number of urea groups is 1. The third-order valence-corrected chi connectivity index (χ3v) is 6.38. The van der Waals surface area contributed by atoms with E-state index in [-0.39, 0.29) is 11.6 Å². The van der Waals surface area contributed by atoms with Crippen LogP contribution in [0.15, 0.2) is 53.9 Å². The molecule has 3 saturated heterocycles. The number of carboxylic acids is 2. The topological polar surface area (TPSA) is 119 Å². The van der Waals surface area contributed by atoms with Crippen LogP contribution in [0.25, 0.3) is 10.4 Å². The molecule has 1 aromatic carbocycles. The molecule has 5 rings (SSSR count). The SMILES string of the molecule is O=C(Nc1ccsc1-c1ccccc1)NC12CCN(CC1)CC2.O=C(O)/C=C/C(=O)O. The fourth-order valence-corrected chi connectivity index (χ4v) is 4.63. The number of hydrogen-bond donors (Lipinski definition) is 4. The van der Waals surface area contributed by atoms with Gasteiger partial charge in [-0.1, -0.05) is 30.3 Å².